The van der Waals surface area contributed by atoms with Gasteiger partial charge in [-0.15, -0.1) is 5.10 Å². The first kappa shape index (κ1) is 15.7. The average Bonchev–Trinajstić information content (AvgIpc) is 2.80. The summed E-state index contributed by atoms with van der Waals surface area (Å²) >= 11 is 0. The van der Waals surface area contributed by atoms with Crippen molar-refractivity contribution in [2.75, 3.05) is 6.61 Å². The molecule has 1 rings (SSSR count). The van der Waals surface area contributed by atoms with E-state index < -0.39 is 0 Å². The minimum Gasteiger partial charge on any atom is -0.461 e. The molecule has 19 heavy (non-hydrogen) atoms. The van der Waals surface area contributed by atoms with E-state index in [4.69, 9.17) is 4.74 Å². The van der Waals surface area contributed by atoms with Gasteiger partial charge >= 0.3 is 5.97 Å². The van der Waals surface area contributed by atoms with Crippen LogP contribution in [0.1, 0.15) is 63.1 Å². The molecule has 0 aliphatic heterocycles. The molecule has 0 fully saturated rings. The van der Waals surface area contributed by atoms with E-state index in [1.807, 2.05) is 4.68 Å². The van der Waals surface area contributed by atoms with Crippen LogP contribution in [-0.4, -0.2) is 27.6 Å². The molecule has 0 aromatic carbocycles. The summed E-state index contributed by atoms with van der Waals surface area (Å²) in [6.45, 7) is 9.43. The highest BCUT2D eigenvalue weighted by molar-refractivity contribution is 5.88. The van der Waals surface area contributed by atoms with Crippen molar-refractivity contribution in [3.63, 3.8) is 0 Å². The van der Waals surface area contributed by atoms with Gasteiger partial charge in [0.1, 0.15) is 0 Å². The molecule has 0 spiro atoms. The standard InChI is InChI=1S/C14H25N3O2/c1-5-9-12-13(14(18)19-8-4)15-16-17(12)10-11(6-2)7-3/h11H,5-10H2,1-4H3. The lowest BCUT2D eigenvalue weighted by Crippen LogP contribution is -2.15. The summed E-state index contributed by atoms with van der Waals surface area (Å²) in [5.41, 5.74) is 1.29. The molecule has 0 saturated carbocycles. The van der Waals surface area contributed by atoms with Crippen LogP contribution < -0.4 is 0 Å². The molecule has 108 valence electrons. The number of carbonyl (C=O) groups is 1. The number of ether oxygens (including phenoxy) is 1. The van der Waals surface area contributed by atoms with E-state index in [9.17, 15) is 4.79 Å². The van der Waals surface area contributed by atoms with Crippen LogP contribution in [0.15, 0.2) is 0 Å². The molecule has 0 saturated heterocycles. The fourth-order valence-electron chi connectivity index (χ4n) is 2.11. The molecule has 0 aliphatic carbocycles. The second-order valence-corrected chi connectivity index (χ2v) is 4.72. The van der Waals surface area contributed by atoms with Gasteiger partial charge in [0.05, 0.1) is 12.3 Å². The van der Waals surface area contributed by atoms with Crippen molar-refractivity contribution in [3.05, 3.63) is 11.4 Å². The van der Waals surface area contributed by atoms with E-state index in [1.54, 1.807) is 6.92 Å². The van der Waals surface area contributed by atoms with Crippen LogP contribution in [-0.2, 0) is 17.7 Å². The van der Waals surface area contributed by atoms with Crippen molar-refractivity contribution >= 4 is 5.97 Å². The van der Waals surface area contributed by atoms with E-state index >= 15 is 0 Å². The van der Waals surface area contributed by atoms with E-state index in [1.165, 1.54) is 0 Å². The van der Waals surface area contributed by atoms with E-state index in [2.05, 4.69) is 31.1 Å². The Hall–Kier alpha value is -1.39. The molecule has 0 N–H and O–H groups in total. The van der Waals surface area contributed by atoms with Gasteiger partial charge in [-0.3, -0.25) is 0 Å². The monoisotopic (exact) mass is 267 g/mol. The second-order valence-electron chi connectivity index (χ2n) is 4.72. The van der Waals surface area contributed by atoms with Crippen LogP contribution in [0, 0.1) is 5.92 Å². The fourth-order valence-corrected chi connectivity index (χ4v) is 2.11. The first-order valence-electron chi connectivity index (χ1n) is 7.27. The highest BCUT2D eigenvalue weighted by Crippen LogP contribution is 2.15. The summed E-state index contributed by atoms with van der Waals surface area (Å²) in [5, 5.41) is 8.15. The van der Waals surface area contributed by atoms with Gasteiger partial charge in [0, 0.05) is 6.54 Å². The first-order chi connectivity index (χ1) is 9.17. The van der Waals surface area contributed by atoms with Crippen LogP contribution >= 0.6 is 0 Å². The number of rotatable bonds is 8. The third-order valence-corrected chi connectivity index (χ3v) is 3.38. The minimum atomic E-state index is -0.359. The number of aromatic nitrogens is 3. The maximum absolute atomic E-state index is 11.8. The maximum Gasteiger partial charge on any atom is 0.360 e. The number of esters is 1. The van der Waals surface area contributed by atoms with Crippen molar-refractivity contribution < 1.29 is 9.53 Å². The van der Waals surface area contributed by atoms with Gasteiger partial charge in [-0.25, -0.2) is 9.48 Å². The largest absolute Gasteiger partial charge is 0.461 e. The summed E-state index contributed by atoms with van der Waals surface area (Å²) < 4.78 is 6.91. The van der Waals surface area contributed by atoms with Crippen molar-refractivity contribution in [1.29, 1.82) is 0 Å². The van der Waals surface area contributed by atoms with E-state index in [0.717, 1.165) is 37.9 Å². The van der Waals surface area contributed by atoms with Gasteiger partial charge in [-0.1, -0.05) is 45.2 Å². The Balaban J connectivity index is 2.95. The average molecular weight is 267 g/mol. The zero-order chi connectivity index (χ0) is 14.3. The summed E-state index contributed by atoms with van der Waals surface area (Å²) in [6.07, 6.45) is 3.98. The highest BCUT2D eigenvalue weighted by atomic mass is 16.5. The third kappa shape index (κ3) is 4.04. The van der Waals surface area contributed by atoms with Gasteiger partial charge < -0.3 is 4.74 Å². The molecule has 1 aromatic rings. The predicted molar refractivity (Wildman–Crippen MR) is 74.0 cm³/mol. The Labute approximate surface area is 115 Å². The van der Waals surface area contributed by atoms with Gasteiger partial charge in [-0.05, 0) is 19.3 Å². The van der Waals surface area contributed by atoms with Crippen molar-refractivity contribution in [2.45, 2.75) is 59.9 Å². The zero-order valence-electron chi connectivity index (χ0n) is 12.5. The van der Waals surface area contributed by atoms with Crippen LogP contribution in [0.25, 0.3) is 0 Å². The number of hydrogen-bond acceptors (Lipinski definition) is 4. The number of carbonyl (C=O) groups excluding carboxylic acids is 1. The SMILES string of the molecule is CCCc1c(C(=O)OCC)nnn1CC(CC)CC. The smallest absolute Gasteiger partial charge is 0.360 e. The molecule has 0 amide bonds. The lowest BCUT2D eigenvalue weighted by molar-refractivity contribution is 0.0518. The third-order valence-electron chi connectivity index (χ3n) is 3.38. The van der Waals surface area contributed by atoms with Crippen molar-refractivity contribution in [3.8, 4) is 0 Å². The second kappa shape index (κ2) is 7.92. The Bertz CT molecular complexity index is 397. The van der Waals surface area contributed by atoms with Gasteiger partial charge in [0.25, 0.3) is 0 Å². The van der Waals surface area contributed by atoms with Crippen LogP contribution in [0.2, 0.25) is 0 Å². The molecule has 0 radical (unpaired) electrons. The molecule has 1 aromatic heterocycles. The first-order valence-corrected chi connectivity index (χ1v) is 7.27. The molecule has 0 bridgehead atoms. The summed E-state index contributed by atoms with van der Waals surface area (Å²) in [7, 11) is 0. The van der Waals surface area contributed by atoms with Crippen LogP contribution in [0.4, 0.5) is 0 Å². The molecular weight excluding hydrogens is 242 g/mol. The normalized spacial score (nSPS) is 11.0. The lowest BCUT2D eigenvalue weighted by Gasteiger charge is -2.14. The topological polar surface area (TPSA) is 57.0 Å². The fraction of sp³-hybridized carbons (Fsp3) is 0.786. The molecule has 1 heterocycles. The van der Waals surface area contributed by atoms with Crippen LogP contribution in [0.3, 0.4) is 0 Å². The summed E-state index contributed by atoms with van der Waals surface area (Å²) in [6, 6.07) is 0. The molecular formula is C14H25N3O2. The molecule has 0 atom stereocenters. The zero-order valence-corrected chi connectivity index (χ0v) is 12.5. The van der Waals surface area contributed by atoms with Gasteiger partial charge in [-0.2, -0.15) is 0 Å². The molecule has 0 unspecified atom stereocenters. The Morgan fingerprint density at radius 3 is 2.47 bits per heavy atom. The van der Waals surface area contributed by atoms with Gasteiger partial charge in [0.2, 0.25) is 0 Å². The highest BCUT2D eigenvalue weighted by Gasteiger charge is 2.21. The predicted octanol–water partition coefficient (Wildman–Crippen LogP) is 2.84. The Morgan fingerprint density at radius 2 is 1.95 bits per heavy atom. The molecule has 0 aliphatic rings. The molecule has 5 nitrogen and oxygen atoms in total. The lowest BCUT2D eigenvalue weighted by atomic mass is 10.0. The minimum absolute atomic E-state index is 0.359. The van der Waals surface area contributed by atoms with E-state index in [-0.39, 0.29) is 5.97 Å². The Kier molecular flexibility index (Phi) is 6.53. The maximum atomic E-state index is 11.8. The summed E-state index contributed by atoms with van der Waals surface area (Å²) in [4.78, 5) is 11.8. The quantitative estimate of drug-likeness (QED) is 0.680. The van der Waals surface area contributed by atoms with E-state index in [0.29, 0.717) is 18.2 Å². The van der Waals surface area contributed by atoms with Crippen LogP contribution in [0.5, 0.6) is 0 Å². The van der Waals surface area contributed by atoms with Gasteiger partial charge in [0.15, 0.2) is 5.69 Å². The number of nitrogens with zero attached hydrogens (tertiary/aromatic N) is 3. The summed E-state index contributed by atoms with van der Waals surface area (Å²) in [5.74, 6) is 0.217. The molecule has 5 heteroatoms. The number of hydrogen-bond donors (Lipinski definition) is 0. The van der Waals surface area contributed by atoms with Crippen molar-refractivity contribution in [2.24, 2.45) is 5.92 Å². The van der Waals surface area contributed by atoms with Crippen molar-refractivity contribution in [1.82, 2.24) is 15.0 Å². The Morgan fingerprint density at radius 1 is 1.26 bits per heavy atom.